The number of nitrogens with one attached hydrogen (secondary N) is 3. The Kier molecular flexibility index (Phi) is 9.96. The van der Waals surface area contributed by atoms with Gasteiger partial charge in [0.25, 0.3) is 15.9 Å². The van der Waals surface area contributed by atoms with Crippen LogP contribution in [0.2, 0.25) is 0 Å². The van der Waals surface area contributed by atoms with Gasteiger partial charge >= 0.3 is 12.2 Å². The van der Waals surface area contributed by atoms with E-state index in [-0.39, 0.29) is 49.2 Å². The third-order valence-electron chi connectivity index (χ3n) is 10.2. The molecule has 0 bridgehead atoms. The molecule has 3 aliphatic heterocycles. The van der Waals surface area contributed by atoms with Gasteiger partial charge in [0.15, 0.2) is 0 Å². The summed E-state index contributed by atoms with van der Waals surface area (Å²) in [5.74, 6) is -2.34. The smallest absolute Gasteiger partial charge is 0.411 e. The zero-order valence-electron chi connectivity index (χ0n) is 29.4. The van der Waals surface area contributed by atoms with Gasteiger partial charge in [0.2, 0.25) is 5.91 Å². The molecule has 276 valence electrons. The number of nitrogens with zero attached hydrogens (tertiary/aromatic N) is 2. The largest absolute Gasteiger partial charge is 0.444 e. The standard InChI is InChI=1S/C36H46FN5O8S/c1-22-11-6-5-9-16-38-28-14-7-8-15-30(28)51(47,48)40-32(44)36(18-26(22)36)39-31(43)29-17-24(20-42(29)34(46)50-35(2,3)4)49-33(45)41-19-23-12-10-13-27(37)25(23)21-41/h7-8,10,12-15,22,24,26,29,38H,5-6,9,11,16-21H2,1-4H3,(H,39,43)(H,40,44)/t22?,24-,26?,29+,36-/m1/s1. The summed E-state index contributed by atoms with van der Waals surface area (Å²) in [5, 5.41) is 6.02. The van der Waals surface area contributed by atoms with Crippen LogP contribution < -0.4 is 15.4 Å². The lowest BCUT2D eigenvalue weighted by Crippen LogP contribution is -2.57. The van der Waals surface area contributed by atoms with Gasteiger partial charge in [-0.3, -0.25) is 19.4 Å². The van der Waals surface area contributed by atoms with Crippen molar-refractivity contribution in [2.24, 2.45) is 11.8 Å². The van der Waals surface area contributed by atoms with Crippen LogP contribution >= 0.6 is 0 Å². The van der Waals surface area contributed by atoms with E-state index >= 15 is 0 Å². The van der Waals surface area contributed by atoms with E-state index in [0.717, 1.165) is 25.7 Å². The number of hydrogen-bond acceptors (Lipinski definition) is 9. The first-order valence-corrected chi connectivity index (χ1v) is 19.0. The molecule has 13 nitrogen and oxygen atoms in total. The molecule has 1 saturated carbocycles. The van der Waals surface area contributed by atoms with Gasteiger partial charge in [-0.15, -0.1) is 0 Å². The molecule has 3 N–H and O–H groups in total. The normalized spacial score (nSPS) is 27.4. The van der Waals surface area contributed by atoms with Crippen molar-refractivity contribution < 1.29 is 41.5 Å². The first-order chi connectivity index (χ1) is 24.1. The number of anilines is 1. The molecule has 1 saturated heterocycles. The van der Waals surface area contributed by atoms with Gasteiger partial charge in [-0.25, -0.2) is 27.1 Å². The van der Waals surface area contributed by atoms with E-state index in [4.69, 9.17) is 9.47 Å². The Morgan fingerprint density at radius 2 is 1.78 bits per heavy atom. The average Bonchev–Trinajstić information content (AvgIpc) is 3.38. The molecular formula is C36H46FN5O8S. The third-order valence-corrected chi connectivity index (χ3v) is 11.5. The van der Waals surface area contributed by atoms with Crippen molar-refractivity contribution in [3.63, 3.8) is 0 Å². The van der Waals surface area contributed by atoms with E-state index < -0.39 is 63.1 Å². The molecule has 2 fully saturated rings. The molecule has 0 aromatic heterocycles. The van der Waals surface area contributed by atoms with Crippen LogP contribution in [0, 0.1) is 17.7 Å². The van der Waals surface area contributed by atoms with Crippen LogP contribution in [-0.2, 0) is 42.2 Å². The van der Waals surface area contributed by atoms with Gasteiger partial charge in [-0.2, -0.15) is 0 Å². The minimum atomic E-state index is -4.34. The number of rotatable bonds is 3. The molecule has 4 amide bonds. The lowest BCUT2D eigenvalue weighted by atomic mass is 9.94. The van der Waals surface area contributed by atoms with Crippen molar-refractivity contribution in [1.82, 2.24) is 19.8 Å². The van der Waals surface area contributed by atoms with Crippen LogP contribution in [0.5, 0.6) is 0 Å². The Balaban J connectivity index is 1.23. The van der Waals surface area contributed by atoms with E-state index in [9.17, 15) is 32.0 Å². The maximum Gasteiger partial charge on any atom is 0.411 e. The predicted octanol–water partition coefficient (Wildman–Crippen LogP) is 4.66. The van der Waals surface area contributed by atoms with E-state index in [1.807, 2.05) is 6.92 Å². The monoisotopic (exact) mass is 727 g/mol. The summed E-state index contributed by atoms with van der Waals surface area (Å²) in [7, 11) is -4.34. The number of benzene rings is 2. The van der Waals surface area contributed by atoms with Crippen molar-refractivity contribution in [3.05, 3.63) is 59.4 Å². The Morgan fingerprint density at radius 1 is 1.02 bits per heavy atom. The summed E-state index contributed by atoms with van der Waals surface area (Å²) >= 11 is 0. The number of para-hydroxylation sites is 1. The summed E-state index contributed by atoms with van der Waals surface area (Å²) in [6.45, 7) is 7.62. The van der Waals surface area contributed by atoms with Gasteiger partial charge in [0, 0.05) is 25.1 Å². The lowest BCUT2D eigenvalue weighted by molar-refractivity contribution is -0.132. The predicted molar refractivity (Wildman–Crippen MR) is 184 cm³/mol. The van der Waals surface area contributed by atoms with Crippen molar-refractivity contribution in [2.75, 3.05) is 18.4 Å². The highest BCUT2D eigenvalue weighted by Crippen LogP contribution is 2.51. The van der Waals surface area contributed by atoms with Gasteiger partial charge in [0.1, 0.15) is 34.0 Å². The van der Waals surface area contributed by atoms with Gasteiger partial charge in [-0.05, 0) is 69.2 Å². The van der Waals surface area contributed by atoms with Crippen molar-refractivity contribution >= 4 is 39.7 Å². The minimum Gasteiger partial charge on any atom is -0.444 e. The number of halogens is 1. The van der Waals surface area contributed by atoms with Gasteiger partial charge < -0.3 is 20.1 Å². The second kappa shape index (κ2) is 14.0. The fourth-order valence-corrected chi connectivity index (χ4v) is 8.65. The number of carbonyl (C=O) groups is 4. The SMILES string of the molecule is CC1CCCCCNc2ccccc2S(=O)(=O)NC(=O)[C@@]2(NC(=O)[C@@H]3C[C@@H](OC(=O)N4Cc5cccc(F)c5C4)CN3C(=O)OC(C)(C)C)CC12. The van der Waals surface area contributed by atoms with E-state index in [0.29, 0.717) is 23.4 Å². The topological polar surface area (TPSA) is 163 Å². The molecular weight excluding hydrogens is 681 g/mol. The van der Waals surface area contributed by atoms with E-state index in [1.54, 1.807) is 51.1 Å². The van der Waals surface area contributed by atoms with Gasteiger partial charge in [0.05, 0.1) is 18.8 Å². The maximum atomic E-state index is 14.4. The van der Waals surface area contributed by atoms with Crippen LogP contribution in [0.15, 0.2) is 47.4 Å². The summed E-state index contributed by atoms with van der Waals surface area (Å²) in [6.07, 6.45) is 1.06. The molecule has 5 atom stereocenters. The number of carbonyl (C=O) groups excluding carboxylic acids is 4. The van der Waals surface area contributed by atoms with E-state index in [1.165, 1.54) is 21.9 Å². The maximum absolute atomic E-state index is 14.4. The zero-order chi connectivity index (χ0) is 36.7. The molecule has 1 aliphatic carbocycles. The Labute approximate surface area is 297 Å². The van der Waals surface area contributed by atoms with Gasteiger partial charge in [-0.1, -0.05) is 50.5 Å². The highest BCUT2D eigenvalue weighted by molar-refractivity contribution is 7.90. The highest BCUT2D eigenvalue weighted by Gasteiger charge is 2.64. The first-order valence-electron chi connectivity index (χ1n) is 17.5. The Bertz CT molecular complexity index is 1820. The first kappa shape index (κ1) is 36.4. The fourth-order valence-electron chi connectivity index (χ4n) is 7.43. The molecule has 0 spiro atoms. The fraction of sp³-hybridized carbons (Fsp3) is 0.556. The summed E-state index contributed by atoms with van der Waals surface area (Å²) < 4.78 is 55.1. The van der Waals surface area contributed by atoms with Crippen LogP contribution in [-0.4, -0.2) is 78.6 Å². The number of sulfonamides is 1. The molecule has 2 aromatic rings. The Hall–Kier alpha value is -4.40. The van der Waals surface area contributed by atoms with Crippen LogP contribution in [0.4, 0.5) is 19.7 Å². The number of fused-ring (bicyclic) bond motifs is 3. The molecule has 3 heterocycles. The highest BCUT2D eigenvalue weighted by atomic mass is 32.2. The Morgan fingerprint density at radius 3 is 2.53 bits per heavy atom. The number of likely N-dealkylation sites (tertiary alicyclic amines) is 1. The minimum absolute atomic E-state index is 0.0180. The molecule has 15 heteroatoms. The van der Waals surface area contributed by atoms with E-state index in [2.05, 4.69) is 15.4 Å². The van der Waals surface area contributed by atoms with Crippen LogP contribution in [0.3, 0.4) is 0 Å². The average molecular weight is 728 g/mol. The summed E-state index contributed by atoms with van der Waals surface area (Å²) in [5.41, 5.74) is -1.00. The quantitative estimate of drug-likeness (QED) is 0.408. The molecule has 6 rings (SSSR count). The molecule has 0 radical (unpaired) electrons. The number of hydrogen-bond donors (Lipinski definition) is 3. The summed E-state index contributed by atoms with van der Waals surface area (Å²) in [4.78, 5) is 57.3. The van der Waals surface area contributed by atoms with Crippen LogP contribution in [0.1, 0.15) is 77.3 Å². The molecule has 2 aromatic carbocycles. The van der Waals surface area contributed by atoms with Crippen molar-refractivity contribution in [3.8, 4) is 0 Å². The third kappa shape index (κ3) is 7.77. The summed E-state index contributed by atoms with van der Waals surface area (Å²) in [6, 6.07) is 9.77. The zero-order valence-corrected chi connectivity index (χ0v) is 30.2. The number of ether oxygens (including phenoxy) is 2. The lowest BCUT2D eigenvalue weighted by Gasteiger charge is -2.29. The molecule has 51 heavy (non-hydrogen) atoms. The molecule has 2 unspecified atom stereocenters. The van der Waals surface area contributed by atoms with Crippen LogP contribution in [0.25, 0.3) is 0 Å². The van der Waals surface area contributed by atoms with Crippen molar-refractivity contribution in [1.29, 1.82) is 0 Å². The second-order valence-electron chi connectivity index (χ2n) is 15.1. The van der Waals surface area contributed by atoms with Crippen molar-refractivity contribution in [2.45, 2.75) is 107 Å². The second-order valence-corrected chi connectivity index (χ2v) is 16.7. The molecule has 4 aliphatic rings. The number of amides is 4.